The molecule has 2 aromatic carbocycles. The van der Waals surface area contributed by atoms with Gasteiger partial charge in [-0.3, -0.25) is 4.79 Å². The van der Waals surface area contributed by atoms with E-state index >= 15 is 0 Å². The first-order chi connectivity index (χ1) is 14.7. The molecule has 0 aliphatic heterocycles. The van der Waals surface area contributed by atoms with Crippen molar-refractivity contribution in [1.82, 2.24) is 5.32 Å². The van der Waals surface area contributed by atoms with Gasteiger partial charge in [-0.2, -0.15) is 0 Å². The number of rotatable bonds is 9. The Labute approximate surface area is 185 Å². The van der Waals surface area contributed by atoms with Crippen molar-refractivity contribution in [1.29, 1.82) is 0 Å². The minimum absolute atomic E-state index is 0.112. The van der Waals surface area contributed by atoms with E-state index in [4.69, 9.17) is 16.3 Å². The lowest BCUT2D eigenvalue weighted by Gasteiger charge is -2.37. The highest BCUT2D eigenvalue weighted by atomic mass is 35.5. The van der Waals surface area contributed by atoms with E-state index in [0.29, 0.717) is 18.1 Å². The summed E-state index contributed by atoms with van der Waals surface area (Å²) in [7, 11) is 1.64. The van der Waals surface area contributed by atoms with E-state index in [-0.39, 0.29) is 18.0 Å². The molecule has 30 heavy (non-hydrogen) atoms. The average Bonchev–Trinajstić information content (AvgIpc) is 3.00. The van der Waals surface area contributed by atoms with Gasteiger partial charge in [0.2, 0.25) is 5.91 Å². The highest BCUT2D eigenvalue weighted by molar-refractivity contribution is 6.30. The second-order valence-electron chi connectivity index (χ2n) is 7.98. The van der Waals surface area contributed by atoms with Gasteiger partial charge < -0.3 is 15.0 Å². The van der Waals surface area contributed by atoms with Crippen LogP contribution in [0, 0.1) is 0 Å². The Balaban J connectivity index is 1.77. The number of benzene rings is 2. The third kappa shape index (κ3) is 6.56. The van der Waals surface area contributed by atoms with Crippen molar-refractivity contribution in [2.24, 2.45) is 0 Å². The van der Waals surface area contributed by atoms with Gasteiger partial charge in [0.05, 0.1) is 19.1 Å². The fraction of sp³-hybridized carbons (Fsp3) is 0.480. The van der Waals surface area contributed by atoms with E-state index < -0.39 is 0 Å². The first-order valence-corrected chi connectivity index (χ1v) is 11.4. The van der Waals surface area contributed by atoms with Crippen LogP contribution in [-0.4, -0.2) is 38.3 Å². The van der Waals surface area contributed by atoms with E-state index in [1.165, 1.54) is 18.4 Å². The lowest BCUT2D eigenvalue weighted by atomic mass is 9.99. The summed E-state index contributed by atoms with van der Waals surface area (Å²) in [6.07, 6.45) is 7.01. The number of halogens is 1. The predicted octanol–water partition coefficient (Wildman–Crippen LogP) is 5.24. The average molecular weight is 429 g/mol. The monoisotopic (exact) mass is 428 g/mol. The zero-order chi connectivity index (χ0) is 21.2. The highest BCUT2D eigenvalue weighted by Crippen LogP contribution is 2.29. The quantitative estimate of drug-likeness (QED) is 0.555. The Hall–Kier alpha value is -1.88. The number of hydrogen-bond donors (Lipinski definition) is 1. The molecular formula is C25H33ClN2O2. The molecule has 0 spiro atoms. The molecule has 0 saturated heterocycles. The number of hydrogen-bond acceptors (Lipinski definition) is 3. The Morgan fingerprint density at radius 3 is 2.53 bits per heavy atom. The van der Waals surface area contributed by atoms with Crippen LogP contribution < -0.4 is 10.2 Å². The Morgan fingerprint density at radius 2 is 1.80 bits per heavy atom. The maximum absolute atomic E-state index is 13.2. The number of nitrogens with one attached hydrogen (secondary N) is 1. The number of ether oxygens (including phenoxy) is 1. The smallest absolute Gasteiger partial charge is 0.229 e. The van der Waals surface area contributed by atoms with Gasteiger partial charge in [-0.05, 0) is 55.6 Å². The predicted molar refractivity (Wildman–Crippen MR) is 124 cm³/mol. The molecule has 0 heterocycles. The lowest BCUT2D eigenvalue weighted by Crippen LogP contribution is -2.52. The van der Waals surface area contributed by atoms with E-state index in [1.807, 2.05) is 35.2 Å². The molecule has 1 amide bonds. The standard InChI is InChI=1S/C25H33ClN2O2/c1-30-19-17-25(29)28(22-14-12-21(26)13-15-22)24-11-7-3-6-10-23(24)27-18-16-20-8-4-2-5-9-20/h2,4-5,8-9,12-15,23-24,27H,3,6-7,10-11,16-19H2,1H3. The molecule has 2 atom stereocenters. The van der Waals surface area contributed by atoms with Crippen LogP contribution in [0.15, 0.2) is 54.6 Å². The normalized spacial score (nSPS) is 19.3. The van der Waals surface area contributed by atoms with Crippen molar-refractivity contribution < 1.29 is 9.53 Å². The zero-order valence-electron chi connectivity index (χ0n) is 17.9. The van der Waals surface area contributed by atoms with Crippen LogP contribution in [0.25, 0.3) is 0 Å². The molecule has 0 radical (unpaired) electrons. The maximum atomic E-state index is 13.2. The molecule has 1 N–H and O–H groups in total. The molecule has 0 aromatic heterocycles. The van der Waals surface area contributed by atoms with E-state index in [2.05, 4.69) is 29.6 Å². The SMILES string of the molecule is COCCC(=O)N(c1ccc(Cl)cc1)C1CCCCCC1NCCc1ccccc1. The van der Waals surface area contributed by atoms with Crippen LogP contribution in [0.5, 0.6) is 0 Å². The number of amides is 1. The van der Waals surface area contributed by atoms with Gasteiger partial charge >= 0.3 is 0 Å². The molecule has 2 aromatic rings. The van der Waals surface area contributed by atoms with Gasteiger partial charge in [0, 0.05) is 23.9 Å². The molecule has 3 rings (SSSR count). The zero-order valence-corrected chi connectivity index (χ0v) is 18.6. The summed E-state index contributed by atoms with van der Waals surface area (Å²) in [6.45, 7) is 1.34. The molecule has 0 bridgehead atoms. The third-order valence-electron chi connectivity index (χ3n) is 5.87. The van der Waals surface area contributed by atoms with Gasteiger partial charge in [0.25, 0.3) is 0 Å². The Morgan fingerprint density at radius 1 is 1.07 bits per heavy atom. The summed E-state index contributed by atoms with van der Waals surface area (Å²) in [5.74, 6) is 0.112. The van der Waals surface area contributed by atoms with Crippen LogP contribution in [0.2, 0.25) is 5.02 Å². The minimum atomic E-state index is 0.112. The molecule has 1 saturated carbocycles. The molecule has 1 aliphatic carbocycles. The van der Waals surface area contributed by atoms with E-state index in [1.54, 1.807) is 7.11 Å². The van der Waals surface area contributed by atoms with Gasteiger partial charge in [-0.25, -0.2) is 0 Å². The van der Waals surface area contributed by atoms with Crippen molar-refractivity contribution in [2.45, 2.75) is 57.0 Å². The fourth-order valence-electron chi connectivity index (χ4n) is 4.31. The van der Waals surface area contributed by atoms with Crippen LogP contribution in [-0.2, 0) is 16.0 Å². The number of anilines is 1. The summed E-state index contributed by atoms with van der Waals surface area (Å²) in [6, 6.07) is 18.6. The van der Waals surface area contributed by atoms with E-state index in [9.17, 15) is 4.79 Å². The molecule has 162 valence electrons. The summed E-state index contributed by atoms with van der Waals surface area (Å²) < 4.78 is 5.19. The van der Waals surface area contributed by atoms with Crippen LogP contribution in [0.4, 0.5) is 5.69 Å². The Bertz CT molecular complexity index is 766. The minimum Gasteiger partial charge on any atom is -0.384 e. The van der Waals surface area contributed by atoms with Crippen LogP contribution in [0.3, 0.4) is 0 Å². The number of carbonyl (C=O) groups is 1. The summed E-state index contributed by atoms with van der Waals surface area (Å²) >= 11 is 6.11. The molecule has 4 nitrogen and oxygen atoms in total. The Kier molecular flexibility index (Phi) is 9.19. The molecule has 2 unspecified atom stereocenters. The van der Waals surface area contributed by atoms with Gasteiger partial charge in [0.15, 0.2) is 0 Å². The first-order valence-electron chi connectivity index (χ1n) is 11.0. The summed E-state index contributed by atoms with van der Waals surface area (Å²) in [5, 5.41) is 4.46. The van der Waals surface area contributed by atoms with E-state index in [0.717, 1.165) is 37.9 Å². The summed E-state index contributed by atoms with van der Waals surface area (Å²) in [5.41, 5.74) is 2.25. The van der Waals surface area contributed by atoms with Crippen molar-refractivity contribution >= 4 is 23.2 Å². The topological polar surface area (TPSA) is 41.6 Å². The number of carbonyl (C=O) groups excluding carboxylic acids is 1. The second kappa shape index (κ2) is 12.1. The fourth-order valence-corrected chi connectivity index (χ4v) is 4.44. The molecule has 1 fully saturated rings. The van der Waals surface area contributed by atoms with Crippen LogP contribution in [0.1, 0.15) is 44.1 Å². The second-order valence-corrected chi connectivity index (χ2v) is 8.42. The third-order valence-corrected chi connectivity index (χ3v) is 6.12. The van der Waals surface area contributed by atoms with Crippen molar-refractivity contribution in [3.63, 3.8) is 0 Å². The number of nitrogens with zero attached hydrogens (tertiary/aromatic N) is 1. The highest BCUT2D eigenvalue weighted by Gasteiger charge is 2.32. The van der Waals surface area contributed by atoms with Gasteiger partial charge in [-0.1, -0.05) is 61.2 Å². The van der Waals surface area contributed by atoms with Crippen molar-refractivity contribution in [3.8, 4) is 0 Å². The van der Waals surface area contributed by atoms with Gasteiger partial charge in [-0.15, -0.1) is 0 Å². The summed E-state index contributed by atoms with van der Waals surface area (Å²) in [4.78, 5) is 15.2. The van der Waals surface area contributed by atoms with Gasteiger partial charge in [0.1, 0.15) is 0 Å². The molecular weight excluding hydrogens is 396 g/mol. The van der Waals surface area contributed by atoms with Crippen LogP contribution >= 0.6 is 11.6 Å². The lowest BCUT2D eigenvalue weighted by molar-refractivity contribution is -0.120. The van der Waals surface area contributed by atoms with Crippen molar-refractivity contribution in [2.75, 3.05) is 25.2 Å². The van der Waals surface area contributed by atoms with Crippen molar-refractivity contribution in [3.05, 3.63) is 65.2 Å². The first kappa shape index (κ1) is 22.8. The largest absolute Gasteiger partial charge is 0.384 e. The molecule has 1 aliphatic rings. The molecule has 5 heteroatoms. The maximum Gasteiger partial charge on any atom is 0.229 e. The number of methoxy groups -OCH3 is 1.